The van der Waals surface area contributed by atoms with Gasteiger partial charge in [-0.05, 0) is 12.1 Å². The Hall–Kier alpha value is -1.30. The van der Waals surface area contributed by atoms with Crippen LogP contribution in [-0.4, -0.2) is 15.4 Å². The molecule has 1 heterocycles. The van der Waals surface area contributed by atoms with Gasteiger partial charge >= 0.3 is 6.18 Å². The van der Waals surface area contributed by atoms with Crippen LogP contribution in [0.25, 0.3) is 0 Å². The Morgan fingerprint density at radius 2 is 2.07 bits per heavy atom. The SMILES string of the molecule is ON=C(Cl)c1ccc(C(F)(F)F)cn1. The van der Waals surface area contributed by atoms with E-state index in [2.05, 4.69) is 10.1 Å². The molecular formula is C7H4ClF3N2O. The van der Waals surface area contributed by atoms with Gasteiger partial charge < -0.3 is 5.21 Å². The molecule has 0 atom stereocenters. The van der Waals surface area contributed by atoms with Crippen molar-refractivity contribution in [3.63, 3.8) is 0 Å². The molecule has 7 heteroatoms. The van der Waals surface area contributed by atoms with E-state index in [1.54, 1.807) is 0 Å². The number of nitrogens with zero attached hydrogens (tertiary/aromatic N) is 2. The average Bonchev–Trinajstić information content (AvgIpc) is 2.15. The summed E-state index contributed by atoms with van der Waals surface area (Å²) in [7, 11) is 0. The summed E-state index contributed by atoms with van der Waals surface area (Å²) in [4.78, 5) is 3.37. The Morgan fingerprint density at radius 3 is 2.43 bits per heavy atom. The van der Waals surface area contributed by atoms with Crippen LogP contribution in [0.2, 0.25) is 0 Å². The maximum absolute atomic E-state index is 12.0. The van der Waals surface area contributed by atoms with E-state index in [0.717, 1.165) is 12.1 Å². The van der Waals surface area contributed by atoms with Crippen LogP contribution in [0.5, 0.6) is 0 Å². The van der Waals surface area contributed by atoms with E-state index < -0.39 is 11.7 Å². The van der Waals surface area contributed by atoms with Crippen LogP contribution in [0.4, 0.5) is 13.2 Å². The molecule has 3 nitrogen and oxygen atoms in total. The summed E-state index contributed by atoms with van der Waals surface area (Å²) in [6, 6.07) is 1.82. The minimum atomic E-state index is -4.44. The van der Waals surface area contributed by atoms with Crippen molar-refractivity contribution in [3.8, 4) is 0 Å². The summed E-state index contributed by atoms with van der Waals surface area (Å²) in [6.45, 7) is 0. The van der Waals surface area contributed by atoms with Crippen LogP contribution in [0.1, 0.15) is 11.3 Å². The normalized spacial score (nSPS) is 13.0. The van der Waals surface area contributed by atoms with Gasteiger partial charge in [0.2, 0.25) is 0 Å². The first-order valence-electron chi connectivity index (χ1n) is 3.36. The molecule has 1 rings (SSSR count). The molecule has 0 spiro atoms. The van der Waals surface area contributed by atoms with Crippen molar-refractivity contribution < 1.29 is 18.4 Å². The Balaban J connectivity index is 3.01. The Kier molecular flexibility index (Phi) is 2.95. The van der Waals surface area contributed by atoms with Gasteiger partial charge in [0.1, 0.15) is 5.69 Å². The largest absolute Gasteiger partial charge is 0.417 e. The van der Waals surface area contributed by atoms with Crippen molar-refractivity contribution in [2.24, 2.45) is 5.16 Å². The predicted octanol–water partition coefficient (Wildman–Crippen LogP) is 2.48. The zero-order chi connectivity index (χ0) is 10.8. The van der Waals surface area contributed by atoms with Gasteiger partial charge in [-0.15, -0.1) is 0 Å². The van der Waals surface area contributed by atoms with Crippen molar-refractivity contribution in [1.82, 2.24) is 4.98 Å². The Bertz CT molecular complexity index is 347. The highest BCUT2D eigenvalue weighted by atomic mass is 35.5. The smallest absolute Gasteiger partial charge is 0.410 e. The first-order chi connectivity index (χ1) is 6.45. The monoisotopic (exact) mass is 224 g/mol. The third-order valence-corrected chi connectivity index (χ3v) is 1.66. The molecule has 0 aliphatic heterocycles. The van der Waals surface area contributed by atoms with E-state index in [0.29, 0.717) is 6.20 Å². The summed E-state index contributed by atoms with van der Waals surface area (Å²) < 4.78 is 36.1. The van der Waals surface area contributed by atoms with Crippen LogP contribution in [0.15, 0.2) is 23.5 Å². The summed E-state index contributed by atoms with van der Waals surface area (Å²) in [5.41, 5.74) is -0.911. The number of oxime groups is 1. The van der Waals surface area contributed by atoms with Crippen molar-refractivity contribution in [2.75, 3.05) is 0 Å². The zero-order valence-electron chi connectivity index (χ0n) is 6.59. The molecule has 1 N–H and O–H groups in total. The van der Waals surface area contributed by atoms with Crippen LogP contribution in [-0.2, 0) is 6.18 Å². The molecule has 1 aromatic heterocycles. The number of hydrogen-bond acceptors (Lipinski definition) is 3. The number of rotatable bonds is 1. The van der Waals surface area contributed by atoms with E-state index in [1.807, 2.05) is 0 Å². The lowest BCUT2D eigenvalue weighted by molar-refractivity contribution is -0.137. The van der Waals surface area contributed by atoms with Crippen LogP contribution >= 0.6 is 11.6 Å². The Labute approximate surface area is 81.8 Å². The van der Waals surface area contributed by atoms with Gasteiger partial charge in [0, 0.05) is 6.20 Å². The van der Waals surface area contributed by atoms with Gasteiger partial charge in [-0.25, -0.2) is 0 Å². The Morgan fingerprint density at radius 1 is 1.43 bits per heavy atom. The number of alkyl halides is 3. The lowest BCUT2D eigenvalue weighted by atomic mass is 10.2. The lowest BCUT2D eigenvalue weighted by Gasteiger charge is -2.05. The fraction of sp³-hybridized carbons (Fsp3) is 0.143. The van der Waals surface area contributed by atoms with E-state index in [-0.39, 0.29) is 10.9 Å². The summed E-state index contributed by atoms with van der Waals surface area (Å²) in [5.74, 6) is 0. The molecule has 0 radical (unpaired) electrons. The molecule has 1 aromatic rings. The first kappa shape index (κ1) is 10.8. The second-order valence-corrected chi connectivity index (χ2v) is 2.68. The number of pyridine rings is 1. The van der Waals surface area contributed by atoms with Gasteiger partial charge in [-0.2, -0.15) is 13.2 Å². The highest BCUT2D eigenvalue weighted by Crippen LogP contribution is 2.28. The van der Waals surface area contributed by atoms with Gasteiger partial charge in [-0.1, -0.05) is 16.8 Å². The van der Waals surface area contributed by atoms with Crippen LogP contribution in [0.3, 0.4) is 0 Å². The summed E-state index contributed by atoms with van der Waals surface area (Å²) in [5, 5.41) is 10.4. The number of halogens is 4. The molecule has 0 aromatic carbocycles. The topological polar surface area (TPSA) is 45.5 Å². The molecule has 0 aliphatic carbocycles. The van der Waals surface area contributed by atoms with Crippen molar-refractivity contribution >= 4 is 16.8 Å². The van der Waals surface area contributed by atoms with Gasteiger partial charge in [0.15, 0.2) is 5.17 Å². The first-order valence-corrected chi connectivity index (χ1v) is 3.74. The molecule has 0 fully saturated rings. The summed E-state index contributed by atoms with van der Waals surface area (Å²) >= 11 is 5.31. The quantitative estimate of drug-likeness (QED) is 0.453. The molecule has 14 heavy (non-hydrogen) atoms. The van der Waals surface area contributed by atoms with Crippen molar-refractivity contribution in [3.05, 3.63) is 29.6 Å². The molecular weight excluding hydrogens is 221 g/mol. The minimum absolute atomic E-state index is 0.0258. The molecule has 0 saturated heterocycles. The third-order valence-electron chi connectivity index (χ3n) is 1.39. The second kappa shape index (κ2) is 3.83. The van der Waals surface area contributed by atoms with Crippen molar-refractivity contribution in [1.29, 1.82) is 0 Å². The fourth-order valence-electron chi connectivity index (χ4n) is 0.735. The molecule has 0 saturated carbocycles. The zero-order valence-corrected chi connectivity index (χ0v) is 7.34. The molecule has 0 amide bonds. The maximum atomic E-state index is 12.0. The van der Waals surface area contributed by atoms with E-state index in [1.165, 1.54) is 0 Å². The number of hydrogen-bond donors (Lipinski definition) is 1. The minimum Gasteiger partial charge on any atom is -0.410 e. The van der Waals surface area contributed by atoms with Crippen molar-refractivity contribution in [2.45, 2.75) is 6.18 Å². The van der Waals surface area contributed by atoms with E-state index in [4.69, 9.17) is 16.8 Å². The van der Waals surface area contributed by atoms with E-state index >= 15 is 0 Å². The van der Waals surface area contributed by atoms with E-state index in [9.17, 15) is 13.2 Å². The molecule has 76 valence electrons. The van der Waals surface area contributed by atoms with Crippen LogP contribution < -0.4 is 0 Å². The highest BCUT2D eigenvalue weighted by Gasteiger charge is 2.30. The van der Waals surface area contributed by atoms with Crippen LogP contribution in [0, 0.1) is 0 Å². The van der Waals surface area contributed by atoms with Gasteiger partial charge in [-0.3, -0.25) is 4.98 Å². The van der Waals surface area contributed by atoms with Gasteiger partial charge in [0.25, 0.3) is 0 Å². The fourth-order valence-corrected chi connectivity index (χ4v) is 0.847. The third kappa shape index (κ3) is 2.35. The molecule has 0 bridgehead atoms. The highest BCUT2D eigenvalue weighted by molar-refractivity contribution is 6.69. The average molecular weight is 225 g/mol. The standard InChI is InChI=1S/C7H4ClF3N2O/c8-6(13-14)5-2-1-4(3-12-5)7(9,10)11/h1-3,14H. The van der Waals surface area contributed by atoms with Gasteiger partial charge in [0.05, 0.1) is 5.56 Å². The second-order valence-electron chi connectivity index (χ2n) is 2.32. The summed E-state index contributed by atoms with van der Waals surface area (Å²) in [6.07, 6.45) is -3.82. The number of aromatic nitrogens is 1. The molecule has 0 aliphatic rings. The maximum Gasteiger partial charge on any atom is 0.417 e. The predicted molar refractivity (Wildman–Crippen MR) is 43.4 cm³/mol. The molecule has 0 unspecified atom stereocenters. The lowest BCUT2D eigenvalue weighted by Crippen LogP contribution is -2.06.